The number of rotatable bonds is 5. The molecule has 6 nitrogen and oxygen atoms in total. The van der Waals surface area contributed by atoms with Crippen LogP contribution < -0.4 is 9.64 Å². The van der Waals surface area contributed by atoms with E-state index in [1.807, 2.05) is 24.3 Å². The molecule has 1 aromatic carbocycles. The minimum atomic E-state index is 0.272. The summed E-state index contributed by atoms with van der Waals surface area (Å²) in [7, 11) is 1.61. The molecule has 0 saturated carbocycles. The Kier molecular flexibility index (Phi) is 5.23. The second-order valence-electron chi connectivity index (χ2n) is 7.34. The lowest BCUT2D eigenvalue weighted by molar-refractivity contribution is -0.132. The van der Waals surface area contributed by atoms with Crippen LogP contribution in [0, 0.1) is 5.92 Å². The average molecular weight is 366 g/mol. The SMILES string of the molecule is COc1cc(N2CCC3CCN(C(=O)CCc4ccccc4)C3C2)ncn1. The van der Waals surface area contributed by atoms with E-state index in [0.29, 0.717) is 18.2 Å². The van der Waals surface area contributed by atoms with Crippen molar-refractivity contribution in [3.05, 3.63) is 48.3 Å². The Labute approximate surface area is 160 Å². The van der Waals surface area contributed by atoms with Gasteiger partial charge in [-0.05, 0) is 30.7 Å². The summed E-state index contributed by atoms with van der Waals surface area (Å²) in [5, 5.41) is 0. The van der Waals surface area contributed by atoms with E-state index >= 15 is 0 Å². The summed E-state index contributed by atoms with van der Waals surface area (Å²) >= 11 is 0. The number of amides is 1. The van der Waals surface area contributed by atoms with Gasteiger partial charge in [0.05, 0.1) is 13.2 Å². The number of nitrogens with zero attached hydrogens (tertiary/aromatic N) is 4. The molecule has 142 valence electrons. The summed E-state index contributed by atoms with van der Waals surface area (Å²) in [4.78, 5) is 25.7. The summed E-state index contributed by atoms with van der Waals surface area (Å²) in [6.07, 6.45) is 5.13. The molecule has 2 saturated heterocycles. The lowest BCUT2D eigenvalue weighted by Gasteiger charge is -2.39. The zero-order valence-electron chi connectivity index (χ0n) is 15.8. The molecule has 2 aliphatic heterocycles. The molecule has 1 aromatic heterocycles. The van der Waals surface area contributed by atoms with Crippen LogP contribution in [0.15, 0.2) is 42.7 Å². The number of methoxy groups -OCH3 is 1. The van der Waals surface area contributed by atoms with Crippen LogP contribution in [0.4, 0.5) is 5.82 Å². The Morgan fingerprint density at radius 2 is 2.00 bits per heavy atom. The molecule has 2 fully saturated rings. The van der Waals surface area contributed by atoms with Crippen LogP contribution >= 0.6 is 0 Å². The maximum atomic E-state index is 12.9. The van der Waals surface area contributed by atoms with E-state index in [0.717, 1.165) is 44.7 Å². The standard InChI is InChI=1S/C21H26N4O2/c1-27-20-13-19(22-15-23-20)24-11-9-17-10-12-25(18(17)14-24)21(26)8-7-16-5-3-2-4-6-16/h2-6,13,15,17-18H,7-12,14H2,1H3. The number of fused-ring (bicyclic) bond motifs is 1. The average Bonchev–Trinajstić information content (AvgIpc) is 3.16. The molecule has 27 heavy (non-hydrogen) atoms. The van der Waals surface area contributed by atoms with Gasteiger partial charge in [0, 0.05) is 32.1 Å². The van der Waals surface area contributed by atoms with Crippen molar-refractivity contribution in [2.75, 3.05) is 31.6 Å². The number of hydrogen-bond acceptors (Lipinski definition) is 5. The Morgan fingerprint density at radius 3 is 2.81 bits per heavy atom. The highest BCUT2D eigenvalue weighted by Crippen LogP contribution is 2.34. The van der Waals surface area contributed by atoms with Crippen molar-refractivity contribution in [3.8, 4) is 5.88 Å². The van der Waals surface area contributed by atoms with Gasteiger partial charge in [0.1, 0.15) is 12.1 Å². The van der Waals surface area contributed by atoms with Gasteiger partial charge in [-0.1, -0.05) is 30.3 Å². The first-order chi connectivity index (χ1) is 13.2. The molecule has 0 aliphatic carbocycles. The predicted molar refractivity (Wildman–Crippen MR) is 104 cm³/mol. The number of ether oxygens (including phenoxy) is 1. The third-order valence-corrected chi connectivity index (χ3v) is 5.81. The molecular weight excluding hydrogens is 340 g/mol. The topological polar surface area (TPSA) is 58.6 Å². The molecule has 2 atom stereocenters. The zero-order valence-corrected chi connectivity index (χ0v) is 15.8. The monoisotopic (exact) mass is 366 g/mol. The fourth-order valence-electron chi connectivity index (χ4n) is 4.31. The lowest BCUT2D eigenvalue weighted by atomic mass is 9.92. The number of aromatic nitrogens is 2. The predicted octanol–water partition coefficient (Wildman–Crippen LogP) is 2.55. The zero-order chi connectivity index (χ0) is 18.6. The summed E-state index contributed by atoms with van der Waals surface area (Å²) < 4.78 is 5.22. The molecule has 2 unspecified atom stereocenters. The highest BCUT2D eigenvalue weighted by molar-refractivity contribution is 5.77. The highest BCUT2D eigenvalue weighted by atomic mass is 16.5. The number of piperidine rings is 1. The van der Waals surface area contributed by atoms with E-state index in [-0.39, 0.29) is 11.9 Å². The van der Waals surface area contributed by atoms with Crippen molar-refractivity contribution >= 4 is 11.7 Å². The van der Waals surface area contributed by atoms with Gasteiger partial charge in [0.15, 0.2) is 0 Å². The third-order valence-electron chi connectivity index (χ3n) is 5.81. The number of aryl methyl sites for hydroxylation is 1. The smallest absolute Gasteiger partial charge is 0.223 e. The van der Waals surface area contributed by atoms with Gasteiger partial charge < -0.3 is 14.5 Å². The van der Waals surface area contributed by atoms with E-state index in [1.54, 1.807) is 7.11 Å². The molecule has 0 N–H and O–H groups in total. The first-order valence-electron chi connectivity index (χ1n) is 9.69. The van der Waals surface area contributed by atoms with Crippen LogP contribution in [0.5, 0.6) is 5.88 Å². The first kappa shape index (κ1) is 17.8. The third kappa shape index (κ3) is 3.89. The molecule has 1 amide bonds. The molecule has 3 heterocycles. The number of benzene rings is 1. The van der Waals surface area contributed by atoms with Crippen molar-refractivity contribution in [2.24, 2.45) is 5.92 Å². The van der Waals surface area contributed by atoms with Gasteiger partial charge in [-0.25, -0.2) is 9.97 Å². The quantitative estimate of drug-likeness (QED) is 0.814. The summed E-state index contributed by atoms with van der Waals surface area (Å²) in [6.45, 7) is 2.68. The Balaban J connectivity index is 1.41. The van der Waals surface area contributed by atoms with Crippen molar-refractivity contribution < 1.29 is 9.53 Å². The number of anilines is 1. The van der Waals surface area contributed by atoms with Gasteiger partial charge in [0.2, 0.25) is 11.8 Å². The molecule has 2 aromatic rings. The second-order valence-corrected chi connectivity index (χ2v) is 7.34. The fourth-order valence-corrected chi connectivity index (χ4v) is 4.31. The molecule has 0 spiro atoms. The van der Waals surface area contributed by atoms with Crippen LogP contribution in [0.2, 0.25) is 0 Å². The maximum Gasteiger partial charge on any atom is 0.223 e. The van der Waals surface area contributed by atoms with E-state index in [2.05, 4.69) is 31.9 Å². The van der Waals surface area contributed by atoms with Crippen molar-refractivity contribution in [3.63, 3.8) is 0 Å². The van der Waals surface area contributed by atoms with Gasteiger partial charge in [-0.2, -0.15) is 0 Å². The Morgan fingerprint density at radius 1 is 1.19 bits per heavy atom. The van der Waals surface area contributed by atoms with Crippen molar-refractivity contribution in [1.29, 1.82) is 0 Å². The molecular formula is C21H26N4O2. The molecule has 0 radical (unpaired) electrons. The van der Waals surface area contributed by atoms with Gasteiger partial charge in [-0.3, -0.25) is 4.79 Å². The van der Waals surface area contributed by atoms with E-state index in [1.165, 1.54) is 11.9 Å². The first-order valence-corrected chi connectivity index (χ1v) is 9.69. The van der Waals surface area contributed by atoms with Gasteiger partial charge in [0.25, 0.3) is 0 Å². The normalized spacial score (nSPS) is 21.8. The van der Waals surface area contributed by atoms with Gasteiger partial charge >= 0.3 is 0 Å². The maximum absolute atomic E-state index is 12.9. The lowest BCUT2D eigenvalue weighted by Crippen LogP contribution is -2.50. The Bertz CT molecular complexity index is 783. The summed E-state index contributed by atoms with van der Waals surface area (Å²) in [5.74, 6) is 2.33. The number of likely N-dealkylation sites (tertiary alicyclic amines) is 1. The fraction of sp³-hybridized carbons (Fsp3) is 0.476. The minimum Gasteiger partial charge on any atom is -0.481 e. The molecule has 2 aliphatic rings. The largest absolute Gasteiger partial charge is 0.481 e. The summed E-state index contributed by atoms with van der Waals surface area (Å²) in [5.41, 5.74) is 1.22. The number of carbonyl (C=O) groups excluding carboxylic acids is 1. The molecule has 0 bridgehead atoms. The van der Waals surface area contributed by atoms with Crippen LogP contribution in [0.25, 0.3) is 0 Å². The number of hydrogen-bond donors (Lipinski definition) is 0. The summed E-state index contributed by atoms with van der Waals surface area (Å²) in [6, 6.07) is 12.4. The number of carbonyl (C=O) groups is 1. The second kappa shape index (κ2) is 7.94. The van der Waals surface area contributed by atoms with Crippen LogP contribution in [-0.4, -0.2) is 53.6 Å². The van der Waals surface area contributed by atoms with Crippen molar-refractivity contribution in [2.45, 2.75) is 31.7 Å². The van der Waals surface area contributed by atoms with Crippen LogP contribution in [0.3, 0.4) is 0 Å². The Hall–Kier alpha value is -2.63. The van der Waals surface area contributed by atoms with E-state index < -0.39 is 0 Å². The molecule has 6 heteroatoms. The minimum absolute atomic E-state index is 0.272. The van der Waals surface area contributed by atoms with Crippen LogP contribution in [0.1, 0.15) is 24.8 Å². The van der Waals surface area contributed by atoms with Crippen LogP contribution in [-0.2, 0) is 11.2 Å². The van der Waals surface area contributed by atoms with E-state index in [4.69, 9.17) is 4.74 Å². The van der Waals surface area contributed by atoms with E-state index in [9.17, 15) is 4.79 Å². The van der Waals surface area contributed by atoms with Gasteiger partial charge in [-0.15, -0.1) is 0 Å². The van der Waals surface area contributed by atoms with Crippen molar-refractivity contribution in [1.82, 2.24) is 14.9 Å². The molecule has 4 rings (SSSR count). The highest BCUT2D eigenvalue weighted by Gasteiger charge is 2.40.